The van der Waals surface area contributed by atoms with E-state index in [1.165, 1.54) is 151 Å². The first-order valence-electron chi connectivity index (χ1n) is 16.8. The minimum atomic E-state index is -0.187. The van der Waals surface area contributed by atoms with E-state index in [9.17, 15) is 0 Å². The van der Waals surface area contributed by atoms with Gasteiger partial charge in [-0.25, -0.2) is 9.97 Å². The van der Waals surface area contributed by atoms with Crippen LogP contribution in [0.15, 0.2) is 30.3 Å². The molecule has 4 saturated carbocycles. The minimum Gasteiger partial charge on any atom is -0.246 e. The smallest absolute Gasteiger partial charge is 0.0923 e. The first-order valence-corrected chi connectivity index (χ1v) is 19.8. The maximum atomic E-state index is 5.59. The van der Waals surface area contributed by atoms with E-state index in [1.54, 1.807) is 0 Å². The van der Waals surface area contributed by atoms with Gasteiger partial charge in [0.1, 0.15) is 0 Å². The van der Waals surface area contributed by atoms with E-state index >= 15 is 0 Å². The molecule has 0 amide bonds. The van der Waals surface area contributed by atoms with Crippen molar-refractivity contribution >= 4 is 35.1 Å². The number of aryl methyl sites for hydroxylation is 1. The molecule has 0 aromatic carbocycles. The van der Waals surface area contributed by atoms with Crippen LogP contribution in [0.1, 0.15) is 134 Å². The second-order valence-electron chi connectivity index (χ2n) is 13.2. The highest BCUT2D eigenvalue weighted by Gasteiger charge is 2.35. The maximum absolute atomic E-state index is 5.59. The zero-order chi connectivity index (χ0) is 26.4. The Labute approximate surface area is 249 Å². The molecule has 0 unspecified atom stereocenters. The quantitative estimate of drug-likeness (QED) is 0.243. The van der Waals surface area contributed by atoms with Crippen LogP contribution in [0, 0.1) is 6.92 Å². The molecule has 2 nitrogen and oxygen atoms in total. The summed E-state index contributed by atoms with van der Waals surface area (Å²) in [6, 6.07) is 11.9. The minimum absolute atomic E-state index is 0. The van der Waals surface area contributed by atoms with Gasteiger partial charge in [0, 0.05) is 0 Å². The summed E-state index contributed by atoms with van der Waals surface area (Å²) in [6.45, 7) is 2.27. The first-order chi connectivity index (χ1) is 19.3. The Hall–Kier alpha value is -0.775. The van der Waals surface area contributed by atoms with Crippen LogP contribution in [0.4, 0.5) is 0 Å². The third-order valence-corrected chi connectivity index (χ3v) is 17.2. The summed E-state index contributed by atoms with van der Waals surface area (Å²) >= 11 is 0. The fourth-order valence-electron chi connectivity index (χ4n) is 8.40. The number of hydrogen-bond acceptors (Lipinski definition) is 2. The van der Waals surface area contributed by atoms with Crippen molar-refractivity contribution in [2.75, 3.05) is 0 Å². The summed E-state index contributed by atoms with van der Waals surface area (Å²) in [5, 5.41) is 0. The zero-order valence-electron chi connectivity index (χ0n) is 24.6. The lowest BCUT2D eigenvalue weighted by Gasteiger charge is -2.38. The molecule has 4 fully saturated rings. The highest BCUT2D eigenvalue weighted by molar-refractivity contribution is 7.67. The lowest BCUT2D eigenvalue weighted by molar-refractivity contribution is 0.486. The van der Waals surface area contributed by atoms with Gasteiger partial charge in [-0.2, -0.15) is 0 Å². The summed E-state index contributed by atoms with van der Waals surface area (Å²) in [4.78, 5) is 11.1. The van der Waals surface area contributed by atoms with E-state index in [-0.39, 0.29) is 24.3 Å². The Bertz CT molecular complexity index is 1020. The molecule has 2 aromatic rings. The van der Waals surface area contributed by atoms with E-state index in [2.05, 4.69) is 37.3 Å². The van der Waals surface area contributed by atoms with Crippen molar-refractivity contribution < 1.29 is 0 Å². The largest absolute Gasteiger partial charge is 0.246 e. The standard InChI is InChI=1S/C35H52N2P2.BH3/c1-27-25-26-34(39(30-19-10-4-11-20-30)31-21-12-5-13-22-31)37-35(27)32-23-14-24-33(36-32)38(28-15-6-2-7-16-28)29-17-8-3-9-18-29;/h14,23-26,28-31H,2-13,15-22H2,1H3;1H3. The number of pyridine rings is 2. The van der Waals surface area contributed by atoms with Crippen LogP contribution in [-0.2, 0) is 0 Å². The maximum Gasteiger partial charge on any atom is 0.0923 e. The molecule has 0 N–H and O–H groups in total. The van der Waals surface area contributed by atoms with Crippen molar-refractivity contribution in [3.8, 4) is 11.4 Å². The second kappa shape index (κ2) is 15.1. The predicted molar refractivity (Wildman–Crippen MR) is 183 cm³/mol. The Kier molecular flexibility index (Phi) is 11.6. The molecule has 4 aliphatic rings. The molecule has 2 aromatic heterocycles. The van der Waals surface area contributed by atoms with Crippen LogP contribution in [0.25, 0.3) is 11.4 Å². The van der Waals surface area contributed by atoms with Gasteiger partial charge in [-0.1, -0.05) is 89.2 Å². The van der Waals surface area contributed by atoms with Gasteiger partial charge in [0.25, 0.3) is 0 Å². The molecule has 0 saturated heterocycles. The highest BCUT2D eigenvalue weighted by atomic mass is 31.1. The van der Waals surface area contributed by atoms with Crippen molar-refractivity contribution in [2.45, 2.75) is 158 Å². The molecule has 218 valence electrons. The van der Waals surface area contributed by atoms with Crippen molar-refractivity contribution in [2.24, 2.45) is 0 Å². The van der Waals surface area contributed by atoms with Crippen molar-refractivity contribution in [1.29, 1.82) is 0 Å². The summed E-state index contributed by atoms with van der Waals surface area (Å²) in [5.41, 5.74) is 10.1. The SMILES string of the molecule is B.Cc1ccc(P(C2CCCCC2)C2CCCCC2)nc1-c1cccc(P(C2CCCCC2)C2CCCCC2)n1. The molecular weight excluding hydrogens is 521 g/mol. The summed E-state index contributed by atoms with van der Waals surface area (Å²) in [7, 11) is -0.370. The Balaban J connectivity index is 0.00000323. The molecule has 4 aliphatic carbocycles. The summed E-state index contributed by atoms with van der Waals surface area (Å²) < 4.78 is 0. The van der Waals surface area contributed by atoms with Gasteiger partial charge < -0.3 is 0 Å². The van der Waals surface area contributed by atoms with E-state index in [4.69, 9.17) is 9.97 Å². The topological polar surface area (TPSA) is 25.8 Å². The van der Waals surface area contributed by atoms with Crippen LogP contribution < -0.4 is 10.9 Å². The molecule has 5 heteroatoms. The van der Waals surface area contributed by atoms with Crippen LogP contribution in [0.5, 0.6) is 0 Å². The van der Waals surface area contributed by atoms with Crippen LogP contribution in [0.3, 0.4) is 0 Å². The van der Waals surface area contributed by atoms with Gasteiger partial charge in [-0.15, -0.1) is 0 Å². The molecule has 40 heavy (non-hydrogen) atoms. The predicted octanol–water partition coefficient (Wildman–Crippen LogP) is 8.81. The molecule has 0 bridgehead atoms. The molecule has 0 spiro atoms. The fourth-order valence-corrected chi connectivity index (χ4v) is 15.7. The number of aromatic nitrogens is 2. The number of nitrogens with zero attached hydrogens (tertiary/aromatic N) is 2. The highest BCUT2D eigenvalue weighted by Crippen LogP contribution is 2.56. The fraction of sp³-hybridized carbons (Fsp3) is 0.714. The molecule has 0 aliphatic heterocycles. The number of hydrogen-bond donors (Lipinski definition) is 0. The average Bonchev–Trinajstić information content (AvgIpc) is 3.01. The lowest BCUT2D eigenvalue weighted by atomic mass is 9.99. The molecule has 6 rings (SSSR count). The molecule has 0 atom stereocenters. The van der Waals surface area contributed by atoms with Gasteiger partial charge in [0.15, 0.2) is 0 Å². The lowest BCUT2D eigenvalue weighted by Crippen LogP contribution is -2.28. The second-order valence-corrected chi connectivity index (χ2v) is 18.7. The van der Waals surface area contributed by atoms with E-state index in [1.807, 2.05) is 0 Å². The van der Waals surface area contributed by atoms with Gasteiger partial charge in [0.05, 0.1) is 30.7 Å². The number of rotatable bonds is 7. The van der Waals surface area contributed by atoms with Gasteiger partial charge in [-0.05, 0) is 121 Å². The first kappa shape index (κ1) is 30.7. The van der Waals surface area contributed by atoms with E-state index < -0.39 is 0 Å². The Morgan fingerprint density at radius 3 is 1.32 bits per heavy atom. The van der Waals surface area contributed by atoms with E-state index in [0.29, 0.717) is 0 Å². The summed E-state index contributed by atoms with van der Waals surface area (Å²) in [5.74, 6) is 0. The molecule has 0 radical (unpaired) electrons. The van der Waals surface area contributed by atoms with Crippen LogP contribution in [-0.4, -0.2) is 41.0 Å². The van der Waals surface area contributed by atoms with Gasteiger partial charge >= 0.3 is 0 Å². The average molecular weight is 577 g/mol. The van der Waals surface area contributed by atoms with Crippen LogP contribution in [0.2, 0.25) is 0 Å². The Morgan fingerprint density at radius 1 is 0.500 bits per heavy atom. The third-order valence-electron chi connectivity index (χ3n) is 10.5. The molecular formula is C35H55BN2P2. The summed E-state index contributed by atoms with van der Waals surface area (Å²) in [6.07, 6.45) is 28.8. The Morgan fingerprint density at radius 2 is 0.900 bits per heavy atom. The monoisotopic (exact) mass is 576 g/mol. The van der Waals surface area contributed by atoms with Crippen molar-refractivity contribution in [3.63, 3.8) is 0 Å². The normalized spacial score (nSPS) is 22.5. The van der Waals surface area contributed by atoms with Crippen molar-refractivity contribution in [1.82, 2.24) is 9.97 Å². The third kappa shape index (κ3) is 7.23. The van der Waals surface area contributed by atoms with Crippen molar-refractivity contribution in [3.05, 3.63) is 35.9 Å². The van der Waals surface area contributed by atoms with Gasteiger partial charge in [0.2, 0.25) is 0 Å². The van der Waals surface area contributed by atoms with E-state index in [0.717, 1.165) is 28.3 Å². The zero-order valence-corrected chi connectivity index (χ0v) is 26.4. The molecule has 2 heterocycles. The van der Waals surface area contributed by atoms with Gasteiger partial charge in [-0.3, -0.25) is 0 Å². The van der Waals surface area contributed by atoms with Crippen LogP contribution >= 0.6 is 15.8 Å².